The summed E-state index contributed by atoms with van der Waals surface area (Å²) in [4.78, 5) is 0. The molecule has 1 heterocycles. The van der Waals surface area contributed by atoms with E-state index >= 15 is 0 Å². The van der Waals surface area contributed by atoms with Gasteiger partial charge in [0.05, 0.1) is 6.54 Å². The van der Waals surface area contributed by atoms with Gasteiger partial charge in [0.25, 0.3) is 0 Å². The van der Waals surface area contributed by atoms with E-state index in [0.29, 0.717) is 11.3 Å². The molecule has 0 saturated heterocycles. The number of nitrogens with one attached hydrogen (secondary N) is 2. The molecule has 0 bridgehead atoms. The summed E-state index contributed by atoms with van der Waals surface area (Å²) in [5, 5.41) is 16.0. The van der Waals surface area contributed by atoms with Crippen LogP contribution in [0.4, 0.5) is 0 Å². The third kappa shape index (κ3) is 2.22. The molecule has 0 spiro atoms. The lowest BCUT2D eigenvalue weighted by molar-refractivity contribution is 0.474. The molecule has 0 saturated carbocycles. The lowest BCUT2D eigenvalue weighted by Crippen LogP contribution is -2.15. The zero-order chi connectivity index (χ0) is 11.5. The minimum Gasteiger partial charge on any atom is -0.508 e. The van der Waals surface area contributed by atoms with Gasteiger partial charge in [-0.3, -0.25) is 5.10 Å². The predicted octanol–water partition coefficient (Wildman–Crippen LogP) is 1.70. The maximum Gasteiger partial charge on any atom is 0.214 e. The van der Waals surface area contributed by atoms with Gasteiger partial charge in [-0.05, 0) is 36.8 Å². The fraction of sp³-hybridized carbons (Fsp3) is 0.200. The van der Waals surface area contributed by atoms with Crippen LogP contribution in [0.1, 0.15) is 11.4 Å². The van der Waals surface area contributed by atoms with Crippen molar-refractivity contribution in [3.05, 3.63) is 40.4 Å². The summed E-state index contributed by atoms with van der Waals surface area (Å²) in [7, 11) is 0. The summed E-state index contributed by atoms with van der Waals surface area (Å²) in [6.07, 6.45) is 0. The van der Waals surface area contributed by atoms with Crippen LogP contribution in [0.15, 0.2) is 24.3 Å². The number of aromatic amines is 1. The molecule has 16 heavy (non-hydrogen) atoms. The monoisotopic (exact) mass is 236 g/mol. The van der Waals surface area contributed by atoms with Crippen LogP contribution < -0.4 is 5.43 Å². The number of aryl methyl sites for hydroxylation is 1. The van der Waals surface area contributed by atoms with E-state index in [1.165, 1.54) is 0 Å². The molecule has 5 nitrogen and oxygen atoms in total. The molecule has 0 aliphatic rings. The maximum atomic E-state index is 9.31. The second-order valence-electron chi connectivity index (χ2n) is 3.42. The molecule has 0 radical (unpaired) electrons. The van der Waals surface area contributed by atoms with E-state index in [9.17, 15) is 5.11 Å². The van der Waals surface area contributed by atoms with E-state index in [2.05, 4.69) is 15.6 Å². The Balaban J connectivity index is 2.11. The van der Waals surface area contributed by atoms with Gasteiger partial charge in [0, 0.05) is 0 Å². The molecule has 3 N–H and O–H groups in total. The molecular weight excluding hydrogens is 224 g/mol. The molecule has 1 aromatic heterocycles. The second kappa shape index (κ2) is 4.36. The average molecular weight is 236 g/mol. The van der Waals surface area contributed by atoms with Crippen LogP contribution >= 0.6 is 12.2 Å². The Bertz CT molecular complexity index is 546. The SMILES string of the molecule is Cc1n[nH]c(=S)n1NCc1cccc(O)c1. The highest BCUT2D eigenvalue weighted by molar-refractivity contribution is 7.71. The average Bonchev–Trinajstić information content (AvgIpc) is 2.56. The molecule has 2 rings (SSSR count). The van der Waals surface area contributed by atoms with E-state index in [1.54, 1.807) is 22.9 Å². The van der Waals surface area contributed by atoms with Crippen LogP contribution in [-0.2, 0) is 6.54 Å². The first-order chi connectivity index (χ1) is 7.66. The molecule has 6 heteroatoms. The highest BCUT2D eigenvalue weighted by Gasteiger charge is 2.00. The predicted molar refractivity (Wildman–Crippen MR) is 63.3 cm³/mol. The van der Waals surface area contributed by atoms with Crippen molar-refractivity contribution in [2.75, 3.05) is 5.43 Å². The fourth-order valence-corrected chi connectivity index (χ4v) is 1.64. The standard InChI is InChI=1S/C10H12N4OS/c1-7-12-13-10(16)14(7)11-6-8-3-2-4-9(15)5-8/h2-5,11,15H,6H2,1H3,(H,13,16). The fourth-order valence-electron chi connectivity index (χ4n) is 1.40. The quantitative estimate of drug-likeness (QED) is 0.710. The van der Waals surface area contributed by atoms with Crippen LogP contribution in [0.3, 0.4) is 0 Å². The molecule has 0 unspecified atom stereocenters. The third-order valence-electron chi connectivity index (χ3n) is 2.19. The first-order valence-corrected chi connectivity index (χ1v) is 5.23. The van der Waals surface area contributed by atoms with Gasteiger partial charge in [0.1, 0.15) is 11.6 Å². The van der Waals surface area contributed by atoms with E-state index in [1.807, 2.05) is 13.0 Å². The van der Waals surface area contributed by atoms with Gasteiger partial charge in [-0.25, -0.2) is 4.68 Å². The lowest BCUT2D eigenvalue weighted by Gasteiger charge is -2.08. The Morgan fingerprint density at radius 3 is 3.00 bits per heavy atom. The van der Waals surface area contributed by atoms with Gasteiger partial charge in [-0.2, -0.15) is 5.10 Å². The van der Waals surface area contributed by atoms with Crippen molar-refractivity contribution < 1.29 is 5.11 Å². The Morgan fingerprint density at radius 1 is 1.56 bits per heavy atom. The summed E-state index contributed by atoms with van der Waals surface area (Å²) >= 11 is 5.05. The normalized spacial score (nSPS) is 10.3. The summed E-state index contributed by atoms with van der Waals surface area (Å²) in [5.74, 6) is 1.02. The van der Waals surface area contributed by atoms with Crippen LogP contribution in [0.5, 0.6) is 5.75 Å². The van der Waals surface area contributed by atoms with Gasteiger partial charge in [0.15, 0.2) is 0 Å². The summed E-state index contributed by atoms with van der Waals surface area (Å²) in [6, 6.07) is 7.06. The number of rotatable bonds is 3. The molecule has 0 amide bonds. The van der Waals surface area contributed by atoms with Crippen molar-refractivity contribution in [3.8, 4) is 5.75 Å². The van der Waals surface area contributed by atoms with Crippen LogP contribution in [0.25, 0.3) is 0 Å². The first kappa shape index (κ1) is 10.7. The molecule has 1 aromatic carbocycles. The highest BCUT2D eigenvalue weighted by atomic mass is 32.1. The first-order valence-electron chi connectivity index (χ1n) is 4.82. The van der Waals surface area contributed by atoms with E-state index in [0.717, 1.165) is 11.4 Å². The number of aromatic hydroxyl groups is 1. The van der Waals surface area contributed by atoms with Gasteiger partial charge in [0.2, 0.25) is 4.77 Å². The lowest BCUT2D eigenvalue weighted by atomic mass is 10.2. The molecule has 84 valence electrons. The zero-order valence-corrected chi connectivity index (χ0v) is 9.58. The van der Waals surface area contributed by atoms with Crippen molar-refractivity contribution in [1.29, 1.82) is 0 Å². The van der Waals surface area contributed by atoms with Crippen LogP contribution in [0, 0.1) is 11.7 Å². The number of benzene rings is 1. The van der Waals surface area contributed by atoms with Crippen molar-refractivity contribution in [2.45, 2.75) is 13.5 Å². The zero-order valence-electron chi connectivity index (χ0n) is 8.77. The third-order valence-corrected chi connectivity index (χ3v) is 2.47. The smallest absolute Gasteiger partial charge is 0.214 e. The van der Waals surface area contributed by atoms with Gasteiger partial charge >= 0.3 is 0 Å². The Labute approximate surface area is 97.7 Å². The molecule has 0 fully saturated rings. The number of aromatic nitrogens is 3. The van der Waals surface area contributed by atoms with Crippen molar-refractivity contribution in [1.82, 2.24) is 14.9 Å². The minimum atomic E-state index is 0.256. The van der Waals surface area contributed by atoms with Crippen LogP contribution in [0.2, 0.25) is 0 Å². The Kier molecular flexibility index (Phi) is 2.91. The van der Waals surface area contributed by atoms with Crippen molar-refractivity contribution >= 4 is 12.2 Å². The van der Waals surface area contributed by atoms with Crippen molar-refractivity contribution in [2.24, 2.45) is 0 Å². The molecular formula is C10H12N4OS. The van der Waals surface area contributed by atoms with E-state index in [-0.39, 0.29) is 5.75 Å². The van der Waals surface area contributed by atoms with Crippen molar-refractivity contribution in [3.63, 3.8) is 0 Å². The Hall–Kier alpha value is -1.82. The second-order valence-corrected chi connectivity index (χ2v) is 3.80. The maximum absolute atomic E-state index is 9.31. The van der Waals surface area contributed by atoms with Gasteiger partial charge < -0.3 is 10.5 Å². The largest absolute Gasteiger partial charge is 0.508 e. The Morgan fingerprint density at radius 2 is 2.38 bits per heavy atom. The van der Waals surface area contributed by atoms with E-state index in [4.69, 9.17) is 12.2 Å². The number of phenolic OH excluding ortho intramolecular Hbond substituents is 1. The topological polar surface area (TPSA) is 65.9 Å². The summed E-state index contributed by atoms with van der Waals surface area (Å²) in [5.41, 5.74) is 4.09. The molecule has 0 aliphatic heterocycles. The number of nitrogens with zero attached hydrogens (tertiary/aromatic N) is 2. The minimum absolute atomic E-state index is 0.256. The van der Waals surface area contributed by atoms with Crippen LogP contribution in [-0.4, -0.2) is 20.0 Å². The molecule has 0 atom stereocenters. The highest BCUT2D eigenvalue weighted by Crippen LogP contribution is 2.10. The number of hydrogen-bond donors (Lipinski definition) is 3. The number of H-pyrrole nitrogens is 1. The summed E-state index contributed by atoms with van der Waals surface area (Å²) in [6.45, 7) is 2.42. The number of hydrogen-bond acceptors (Lipinski definition) is 4. The number of phenols is 1. The van der Waals surface area contributed by atoms with Gasteiger partial charge in [-0.15, -0.1) is 0 Å². The summed E-state index contributed by atoms with van der Waals surface area (Å²) < 4.78 is 2.22. The van der Waals surface area contributed by atoms with Gasteiger partial charge in [-0.1, -0.05) is 12.1 Å². The molecule has 0 aliphatic carbocycles. The van der Waals surface area contributed by atoms with E-state index < -0.39 is 0 Å². The molecule has 2 aromatic rings.